The lowest BCUT2D eigenvalue weighted by molar-refractivity contribution is -0.121. The Morgan fingerprint density at radius 2 is 1.96 bits per heavy atom. The number of aromatic nitrogens is 3. The van der Waals surface area contributed by atoms with Crippen molar-refractivity contribution in [1.82, 2.24) is 14.5 Å². The third-order valence-corrected chi connectivity index (χ3v) is 5.51. The molecular weight excluding hydrogens is 288 g/mol. The van der Waals surface area contributed by atoms with Gasteiger partial charge in [0.15, 0.2) is 0 Å². The molecule has 0 unspecified atom stereocenters. The van der Waals surface area contributed by atoms with Gasteiger partial charge in [-0.15, -0.1) is 0 Å². The highest BCUT2D eigenvalue weighted by Gasteiger charge is 2.44. The van der Waals surface area contributed by atoms with E-state index in [1.807, 2.05) is 13.2 Å². The molecular formula is C18H24N4O. The zero-order chi connectivity index (χ0) is 16.2. The van der Waals surface area contributed by atoms with E-state index in [-0.39, 0.29) is 11.4 Å². The van der Waals surface area contributed by atoms with Crippen molar-refractivity contribution < 1.29 is 4.79 Å². The maximum absolute atomic E-state index is 12.6. The molecule has 1 saturated carbocycles. The molecule has 2 aromatic rings. The van der Waals surface area contributed by atoms with Gasteiger partial charge in [0.2, 0.25) is 5.91 Å². The minimum Gasteiger partial charge on any atom is -0.305 e. The van der Waals surface area contributed by atoms with Crippen LogP contribution >= 0.6 is 0 Å². The minimum absolute atomic E-state index is 0.0818. The predicted octanol–water partition coefficient (Wildman–Crippen LogP) is 3.58. The number of carbonyl (C=O) groups is 1. The van der Waals surface area contributed by atoms with Crippen molar-refractivity contribution in [3.05, 3.63) is 18.1 Å². The van der Waals surface area contributed by atoms with Crippen LogP contribution in [0.25, 0.3) is 11.0 Å². The van der Waals surface area contributed by atoms with Crippen molar-refractivity contribution in [1.29, 1.82) is 0 Å². The average Bonchev–Trinajstić information content (AvgIpc) is 2.93. The second-order valence-corrected chi connectivity index (χ2v) is 7.41. The molecule has 1 amide bonds. The Balaban J connectivity index is 1.99. The zero-order valence-corrected chi connectivity index (χ0v) is 14.2. The summed E-state index contributed by atoms with van der Waals surface area (Å²) in [5, 5.41) is 1.04. The van der Waals surface area contributed by atoms with Gasteiger partial charge < -0.3 is 9.47 Å². The summed E-state index contributed by atoms with van der Waals surface area (Å²) in [6.45, 7) is 4.24. The maximum Gasteiger partial charge on any atom is 0.230 e. The summed E-state index contributed by atoms with van der Waals surface area (Å²) in [6, 6.07) is 2.08. The number of carbonyl (C=O) groups excluding carboxylic acids is 1. The number of fused-ring (bicyclic) bond motifs is 4. The van der Waals surface area contributed by atoms with Crippen LogP contribution in [0.3, 0.4) is 0 Å². The second-order valence-electron chi connectivity index (χ2n) is 7.41. The standard InChI is InChI=1S/C18H24N4O/c1-12(2)16-19-11-13-9-14-21(3)15(23)10-18(7-5-4-6-8-18)22(14)17(13)20-16/h9,11-12H,4-8,10H2,1-3H3. The quantitative estimate of drug-likeness (QED) is 0.808. The van der Waals surface area contributed by atoms with Gasteiger partial charge in [-0.1, -0.05) is 33.1 Å². The molecule has 2 aromatic heterocycles. The number of hydrogen-bond acceptors (Lipinski definition) is 3. The smallest absolute Gasteiger partial charge is 0.230 e. The third-order valence-electron chi connectivity index (χ3n) is 5.51. The Labute approximate surface area is 136 Å². The SMILES string of the molecule is CC(C)c1ncc2cc3n(c2n1)C1(CCCCC1)CC(=O)N3C. The summed E-state index contributed by atoms with van der Waals surface area (Å²) < 4.78 is 2.36. The van der Waals surface area contributed by atoms with Crippen molar-refractivity contribution in [2.75, 3.05) is 11.9 Å². The minimum atomic E-state index is -0.0818. The molecule has 0 N–H and O–H groups in total. The van der Waals surface area contributed by atoms with Gasteiger partial charge in [0.1, 0.15) is 17.3 Å². The molecule has 1 aliphatic carbocycles. The lowest BCUT2D eigenvalue weighted by Crippen LogP contribution is -2.48. The Bertz CT molecular complexity index is 771. The fourth-order valence-corrected chi connectivity index (χ4v) is 4.20. The molecule has 23 heavy (non-hydrogen) atoms. The highest BCUT2D eigenvalue weighted by molar-refractivity contribution is 5.98. The van der Waals surface area contributed by atoms with E-state index >= 15 is 0 Å². The number of nitrogens with zero attached hydrogens (tertiary/aromatic N) is 4. The fraction of sp³-hybridized carbons (Fsp3) is 0.611. The topological polar surface area (TPSA) is 51.0 Å². The average molecular weight is 312 g/mol. The molecule has 122 valence electrons. The monoisotopic (exact) mass is 312 g/mol. The van der Waals surface area contributed by atoms with E-state index in [0.29, 0.717) is 12.3 Å². The van der Waals surface area contributed by atoms with E-state index in [0.717, 1.165) is 35.5 Å². The molecule has 0 bridgehead atoms. The van der Waals surface area contributed by atoms with Crippen LogP contribution in [0.15, 0.2) is 12.3 Å². The molecule has 2 aliphatic rings. The molecule has 0 atom stereocenters. The highest BCUT2D eigenvalue weighted by Crippen LogP contribution is 2.46. The summed E-state index contributed by atoms with van der Waals surface area (Å²) in [5.74, 6) is 2.38. The summed E-state index contributed by atoms with van der Waals surface area (Å²) in [7, 11) is 1.87. The van der Waals surface area contributed by atoms with Crippen LogP contribution in [-0.4, -0.2) is 27.5 Å². The molecule has 5 nitrogen and oxygen atoms in total. The molecule has 4 rings (SSSR count). The van der Waals surface area contributed by atoms with Gasteiger partial charge in [0.25, 0.3) is 0 Å². The first-order chi connectivity index (χ1) is 11.0. The van der Waals surface area contributed by atoms with E-state index in [1.54, 1.807) is 4.90 Å². The van der Waals surface area contributed by atoms with E-state index in [2.05, 4.69) is 29.5 Å². The van der Waals surface area contributed by atoms with Crippen molar-refractivity contribution >= 4 is 22.8 Å². The normalized spacial score (nSPS) is 20.5. The maximum atomic E-state index is 12.6. The van der Waals surface area contributed by atoms with E-state index in [9.17, 15) is 4.79 Å². The highest BCUT2D eigenvalue weighted by atomic mass is 16.2. The van der Waals surface area contributed by atoms with Crippen LogP contribution in [0.4, 0.5) is 5.82 Å². The van der Waals surface area contributed by atoms with Crippen molar-refractivity contribution in [2.24, 2.45) is 0 Å². The Morgan fingerprint density at radius 1 is 1.22 bits per heavy atom. The number of rotatable bonds is 1. The summed E-state index contributed by atoms with van der Waals surface area (Å²) in [5.41, 5.74) is 0.918. The van der Waals surface area contributed by atoms with Crippen LogP contribution in [0, 0.1) is 0 Å². The van der Waals surface area contributed by atoms with Gasteiger partial charge in [-0.2, -0.15) is 0 Å². The van der Waals surface area contributed by atoms with Gasteiger partial charge in [0.05, 0.1) is 12.0 Å². The summed E-state index contributed by atoms with van der Waals surface area (Å²) in [6.07, 6.45) is 8.32. The van der Waals surface area contributed by atoms with Crippen LogP contribution in [0.1, 0.15) is 64.1 Å². The largest absolute Gasteiger partial charge is 0.305 e. The first kappa shape index (κ1) is 14.7. The third kappa shape index (κ3) is 2.09. The van der Waals surface area contributed by atoms with Crippen molar-refractivity contribution in [2.45, 2.75) is 63.8 Å². The first-order valence-electron chi connectivity index (χ1n) is 8.67. The predicted molar refractivity (Wildman–Crippen MR) is 90.7 cm³/mol. The summed E-state index contributed by atoms with van der Waals surface area (Å²) in [4.78, 5) is 23.7. The van der Waals surface area contributed by atoms with Crippen LogP contribution in [0.2, 0.25) is 0 Å². The van der Waals surface area contributed by atoms with E-state index < -0.39 is 0 Å². The van der Waals surface area contributed by atoms with Crippen LogP contribution < -0.4 is 4.90 Å². The number of amides is 1. The Morgan fingerprint density at radius 3 is 2.65 bits per heavy atom. The van der Waals surface area contributed by atoms with Crippen LogP contribution in [0.5, 0.6) is 0 Å². The Kier molecular flexibility index (Phi) is 3.22. The van der Waals surface area contributed by atoms with Gasteiger partial charge in [-0.05, 0) is 18.9 Å². The summed E-state index contributed by atoms with van der Waals surface area (Å²) >= 11 is 0. The lowest BCUT2D eigenvalue weighted by atomic mass is 9.77. The molecule has 1 fully saturated rings. The number of hydrogen-bond donors (Lipinski definition) is 0. The van der Waals surface area contributed by atoms with E-state index in [1.165, 1.54) is 19.3 Å². The van der Waals surface area contributed by atoms with Gasteiger partial charge >= 0.3 is 0 Å². The molecule has 3 heterocycles. The van der Waals surface area contributed by atoms with E-state index in [4.69, 9.17) is 4.98 Å². The molecule has 0 radical (unpaired) electrons. The molecule has 0 aromatic carbocycles. The zero-order valence-electron chi connectivity index (χ0n) is 14.2. The molecule has 1 aliphatic heterocycles. The molecule has 5 heteroatoms. The van der Waals surface area contributed by atoms with Crippen molar-refractivity contribution in [3.8, 4) is 0 Å². The van der Waals surface area contributed by atoms with Gasteiger partial charge in [-0.3, -0.25) is 4.79 Å². The van der Waals surface area contributed by atoms with Crippen molar-refractivity contribution in [3.63, 3.8) is 0 Å². The molecule has 1 spiro atoms. The van der Waals surface area contributed by atoms with Gasteiger partial charge in [-0.25, -0.2) is 9.97 Å². The number of anilines is 1. The lowest BCUT2D eigenvalue weighted by Gasteiger charge is -2.44. The first-order valence-corrected chi connectivity index (χ1v) is 8.67. The van der Waals surface area contributed by atoms with Gasteiger partial charge in [0, 0.05) is 24.5 Å². The Hall–Kier alpha value is -1.91. The second kappa shape index (κ2) is 5.05. The fourth-order valence-electron chi connectivity index (χ4n) is 4.20. The molecule has 0 saturated heterocycles. The van der Waals surface area contributed by atoms with Crippen LogP contribution in [-0.2, 0) is 10.3 Å².